The number of halogens is 1. The number of amides is 1. The molecule has 0 bridgehead atoms. The molecule has 1 aliphatic rings. The predicted molar refractivity (Wildman–Crippen MR) is 120 cm³/mol. The third-order valence-corrected chi connectivity index (χ3v) is 6.83. The summed E-state index contributed by atoms with van der Waals surface area (Å²) in [4.78, 5) is 13.0. The van der Waals surface area contributed by atoms with E-state index in [1.165, 1.54) is 11.1 Å². The van der Waals surface area contributed by atoms with Gasteiger partial charge in [0.05, 0.1) is 5.92 Å². The monoisotopic (exact) mass is 442 g/mol. The first-order chi connectivity index (χ1) is 13.5. The van der Waals surface area contributed by atoms with Crippen LogP contribution in [0.3, 0.4) is 0 Å². The number of benzene rings is 2. The molecule has 3 nitrogen and oxygen atoms in total. The highest BCUT2D eigenvalue weighted by molar-refractivity contribution is 9.10. The summed E-state index contributed by atoms with van der Waals surface area (Å²) in [5.41, 5.74) is 2.67. The van der Waals surface area contributed by atoms with Gasteiger partial charge < -0.3 is 10.6 Å². The van der Waals surface area contributed by atoms with Crippen LogP contribution in [0, 0.1) is 5.92 Å². The Morgan fingerprint density at radius 1 is 1.11 bits per heavy atom. The zero-order valence-corrected chi connectivity index (χ0v) is 18.5. The molecule has 2 N–H and O–H groups in total. The third-order valence-electron chi connectivity index (χ3n) is 6.10. The summed E-state index contributed by atoms with van der Waals surface area (Å²) in [6.07, 6.45) is 3.21. The van der Waals surface area contributed by atoms with E-state index >= 15 is 0 Å². The molecule has 1 fully saturated rings. The van der Waals surface area contributed by atoms with Gasteiger partial charge in [0.1, 0.15) is 0 Å². The average molecular weight is 443 g/mol. The van der Waals surface area contributed by atoms with Crippen LogP contribution in [0.15, 0.2) is 59.1 Å². The second-order valence-corrected chi connectivity index (χ2v) is 8.96. The molecule has 28 heavy (non-hydrogen) atoms. The van der Waals surface area contributed by atoms with E-state index < -0.39 is 0 Å². The second kappa shape index (κ2) is 9.71. The first-order valence-electron chi connectivity index (χ1n) is 10.3. The van der Waals surface area contributed by atoms with E-state index in [9.17, 15) is 4.79 Å². The molecular formula is C24H31BrN2O. The Kier molecular flexibility index (Phi) is 7.30. The van der Waals surface area contributed by atoms with Crippen molar-refractivity contribution in [3.63, 3.8) is 0 Å². The van der Waals surface area contributed by atoms with Crippen molar-refractivity contribution >= 4 is 21.8 Å². The minimum absolute atomic E-state index is 0.0205. The average Bonchev–Trinajstić information content (AvgIpc) is 3.19. The van der Waals surface area contributed by atoms with Gasteiger partial charge in [0.15, 0.2) is 0 Å². The Hall–Kier alpha value is -1.65. The summed E-state index contributed by atoms with van der Waals surface area (Å²) in [5, 5.41) is 6.63. The summed E-state index contributed by atoms with van der Waals surface area (Å²) >= 11 is 3.65. The summed E-state index contributed by atoms with van der Waals surface area (Å²) in [5.74, 6) is 0.359. The summed E-state index contributed by atoms with van der Waals surface area (Å²) in [6.45, 7) is 6.84. The van der Waals surface area contributed by atoms with Gasteiger partial charge in [-0.2, -0.15) is 0 Å². The Balaban J connectivity index is 1.62. The van der Waals surface area contributed by atoms with Gasteiger partial charge in [0.2, 0.25) is 5.91 Å². The van der Waals surface area contributed by atoms with Crippen molar-refractivity contribution in [2.45, 2.75) is 44.4 Å². The fourth-order valence-corrected chi connectivity index (χ4v) is 5.03. The van der Waals surface area contributed by atoms with Gasteiger partial charge in [-0.3, -0.25) is 4.79 Å². The maximum atomic E-state index is 13.0. The van der Waals surface area contributed by atoms with E-state index in [4.69, 9.17) is 0 Å². The highest BCUT2D eigenvalue weighted by atomic mass is 79.9. The van der Waals surface area contributed by atoms with Crippen molar-refractivity contribution in [1.82, 2.24) is 10.6 Å². The normalized spacial score (nSPS) is 21.2. The largest absolute Gasteiger partial charge is 0.356 e. The number of hydrogen-bond acceptors (Lipinski definition) is 2. The molecule has 0 aromatic heterocycles. The zero-order valence-electron chi connectivity index (χ0n) is 16.9. The van der Waals surface area contributed by atoms with Gasteiger partial charge in [-0.05, 0) is 35.4 Å². The highest BCUT2D eigenvalue weighted by Crippen LogP contribution is 2.34. The Bertz CT molecular complexity index is 779. The van der Waals surface area contributed by atoms with Gasteiger partial charge in [0, 0.05) is 30.0 Å². The van der Waals surface area contributed by atoms with Gasteiger partial charge in [-0.1, -0.05) is 84.7 Å². The predicted octanol–water partition coefficient (Wildman–Crippen LogP) is 5.02. The highest BCUT2D eigenvalue weighted by Gasteiger charge is 2.35. The van der Waals surface area contributed by atoms with Crippen LogP contribution in [0.1, 0.15) is 50.2 Å². The molecule has 1 amide bonds. The van der Waals surface area contributed by atoms with E-state index in [2.05, 4.69) is 82.9 Å². The molecule has 0 aliphatic carbocycles. The summed E-state index contributed by atoms with van der Waals surface area (Å²) in [6, 6.07) is 18.9. The van der Waals surface area contributed by atoms with Gasteiger partial charge >= 0.3 is 0 Å². The summed E-state index contributed by atoms with van der Waals surface area (Å²) < 4.78 is 1.08. The molecule has 0 saturated carbocycles. The first kappa shape index (κ1) is 21.1. The van der Waals surface area contributed by atoms with Gasteiger partial charge in [-0.25, -0.2) is 0 Å². The standard InChI is InChI=1S/C24H31BrN2O/c1-3-13-24(2,18-9-5-4-6-10-18)14-15-27-23(28)21-17-26-16-20(21)19-11-7-8-12-22(19)25/h4-12,20-21,26H,3,13-17H2,1-2H3,(H,27,28)/t20-,21+,24?/m0/s1. The first-order valence-corrected chi connectivity index (χ1v) is 11.1. The van der Waals surface area contributed by atoms with Crippen LogP contribution in [0.2, 0.25) is 0 Å². The number of rotatable bonds is 8. The minimum Gasteiger partial charge on any atom is -0.356 e. The van der Waals surface area contributed by atoms with E-state index in [0.717, 1.165) is 36.8 Å². The van der Waals surface area contributed by atoms with E-state index in [1.807, 2.05) is 12.1 Å². The number of hydrogen-bond donors (Lipinski definition) is 2. The van der Waals surface area contributed by atoms with E-state index in [1.54, 1.807) is 0 Å². The lowest BCUT2D eigenvalue weighted by Gasteiger charge is -2.30. The van der Waals surface area contributed by atoms with Crippen LogP contribution in [0.4, 0.5) is 0 Å². The molecule has 1 heterocycles. The SMILES string of the molecule is CCCC(C)(CCNC(=O)[C@@H]1CNC[C@H]1c1ccccc1Br)c1ccccc1. The molecule has 3 rings (SSSR count). The molecule has 2 aromatic rings. The molecule has 3 atom stereocenters. The van der Waals surface area contributed by atoms with Crippen LogP contribution in [-0.2, 0) is 10.2 Å². The van der Waals surface area contributed by atoms with Crippen molar-refractivity contribution in [1.29, 1.82) is 0 Å². The second-order valence-electron chi connectivity index (χ2n) is 8.11. The minimum atomic E-state index is -0.0205. The number of nitrogens with one attached hydrogen (secondary N) is 2. The Morgan fingerprint density at radius 2 is 1.82 bits per heavy atom. The molecule has 0 spiro atoms. The Morgan fingerprint density at radius 3 is 2.54 bits per heavy atom. The van der Waals surface area contributed by atoms with Crippen molar-refractivity contribution in [2.24, 2.45) is 5.92 Å². The Labute approximate surface area is 177 Å². The zero-order chi connectivity index (χ0) is 20.0. The molecule has 1 saturated heterocycles. The van der Waals surface area contributed by atoms with Gasteiger partial charge in [-0.15, -0.1) is 0 Å². The number of carbonyl (C=O) groups excluding carboxylic acids is 1. The van der Waals surface area contributed by atoms with E-state index in [0.29, 0.717) is 6.54 Å². The molecule has 4 heteroatoms. The van der Waals surface area contributed by atoms with Crippen molar-refractivity contribution in [3.05, 3.63) is 70.2 Å². The van der Waals surface area contributed by atoms with Crippen LogP contribution in [-0.4, -0.2) is 25.5 Å². The molecular weight excluding hydrogens is 412 g/mol. The van der Waals surface area contributed by atoms with Crippen molar-refractivity contribution < 1.29 is 4.79 Å². The van der Waals surface area contributed by atoms with Crippen molar-refractivity contribution in [3.8, 4) is 0 Å². The van der Waals surface area contributed by atoms with E-state index in [-0.39, 0.29) is 23.2 Å². The third kappa shape index (κ3) is 4.84. The lowest BCUT2D eigenvalue weighted by molar-refractivity contribution is -0.124. The quantitative estimate of drug-likeness (QED) is 0.602. The van der Waals surface area contributed by atoms with Crippen LogP contribution in [0.25, 0.3) is 0 Å². The van der Waals surface area contributed by atoms with Crippen LogP contribution < -0.4 is 10.6 Å². The smallest absolute Gasteiger partial charge is 0.225 e. The van der Waals surface area contributed by atoms with Crippen molar-refractivity contribution in [2.75, 3.05) is 19.6 Å². The lowest BCUT2D eigenvalue weighted by Crippen LogP contribution is -2.37. The van der Waals surface area contributed by atoms with Gasteiger partial charge in [0.25, 0.3) is 0 Å². The number of carbonyl (C=O) groups is 1. The maximum absolute atomic E-state index is 13.0. The van der Waals surface area contributed by atoms with Crippen LogP contribution in [0.5, 0.6) is 0 Å². The fourth-order valence-electron chi connectivity index (χ4n) is 4.46. The molecule has 1 unspecified atom stereocenters. The lowest BCUT2D eigenvalue weighted by atomic mass is 9.76. The fraction of sp³-hybridized carbons (Fsp3) is 0.458. The maximum Gasteiger partial charge on any atom is 0.225 e. The summed E-state index contributed by atoms with van der Waals surface area (Å²) in [7, 11) is 0. The molecule has 2 aromatic carbocycles. The molecule has 0 radical (unpaired) electrons. The molecule has 150 valence electrons. The van der Waals surface area contributed by atoms with Crippen LogP contribution >= 0.6 is 15.9 Å². The topological polar surface area (TPSA) is 41.1 Å². The molecule has 1 aliphatic heterocycles.